The van der Waals surface area contributed by atoms with Gasteiger partial charge in [0, 0.05) is 5.92 Å². The molecule has 0 radical (unpaired) electrons. The van der Waals surface area contributed by atoms with Crippen molar-refractivity contribution >= 4 is 29.7 Å². The van der Waals surface area contributed by atoms with E-state index in [0.717, 1.165) is 22.3 Å². The smallest absolute Gasteiger partial charge is 0.407 e. The summed E-state index contributed by atoms with van der Waals surface area (Å²) in [6, 6.07) is 14.0. The minimum Gasteiger partial charge on any atom is -0.480 e. The number of carboxylic acid groups (broad SMARTS) is 1. The largest absolute Gasteiger partial charge is 0.480 e. The molecule has 0 bridgehead atoms. The van der Waals surface area contributed by atoms with Crippen LogP contribution in [0.25, 0.3) is 11.1 Å². The zero-order valence-corrected chi connectivity index (χ0v) is 21.7. The van der Waals surface area contributed by atoms with Crippen LogP contribution in [0.4, 0.5) is 4.79 Å². The number of ether oxygens (including phenoxy) is 2. The molecule has 3 atom stereocenters. The van der Waals surface area contributed by atoms with Crippen molar-refractivity contribution in [2.24, 2.45) is 0 Å². The molecule has 1 aliphatic carbocycles. The van der Waals surface area contributed by atoms with E-state index in [1.165, 1.54) is 16.7 Å². The van der Waals surface area contributed by atoms with Crippen LogP contribution in [-0.4, -0.2) is 70.5 Å². The van der Waals surface area contributed by atoms with Gasteiger partial charge in [-0.1, -0.05) is 48.5 Å². The molecule has 1 aliphatic heterocycles. The second-order valence-electron chi connectivity index (χ2n) is 9.56. The van der Waals surface area contributed by atoms with Crippen LogP contribution < -0.4 is 5.32 Å². The molecule has 1 fully saturated rings. The number of nitrogens with one attached hydrogen (secondary N) is 1. The average Bonchev–Trinajstić information content (AvgIpc) is 3.29. The maximum atomic E-state index is 13.6. The molecule has 2 aromatic rings. The van der Waals surface area contributed by atoms with Gasteiger partial charge >= 0.3 is 12.1 Å². The molecule has 1 saturated heterocycles. The Hall–Kier alpha value is -3.04. The molecule has 0 aromatic heterocycles. The van der Waals surface area contributed by atoms with Crippen LogP contribution in [0.15, 0.2) is 48.5 Å². The van der Waals surface area contributed by atoms with Crippen molar-refractivity contribution in [2.45, 2.75) is 57.0 Å². The van der Waals surface area contributed by atoms with Gasteiger partial charge in [-0.15, -0.1) is 0 Å². The fraction of sp³-hybridized carbons (Fsp3) is 0.444. The Morgan fingerprint density at radius 3 is 2.25 bits per heavy atom. The van der Waals surface area contributed by atoms with Crippen LogP contribution in [0.3, 0.4) is 0 Å². The van der Waals surface area contributed by atoms with Crippen LogP contribution in [0.1, 0.15) is 44.2 Å². The Morgan fingerprint density at radius 2 is 1.69 bits per heavy atom. The number of nitrogens with zero attached hydrogens (tertiary/aromatic N) is 1. The highest BCUT2D eigenvalue weighted by Crippen LogP contribution is 2.44. The van der Waals surface area contributed by atoms with Crippen LogP contribution in [0, 0.1) is 0 Å². The molecule has 0 unspecified atom stereocenters. The average molecular weight is 513 g/mol. The fourth-order valence-electron chi connectivity index (χ4n) is 5.28. The van der Waals surface area contributed by atoms with E-state index in [0.29, 0.717) is 12.2 Å². The second kappa shape index (κ2) is 10.5. The second-order valence-corrected chi connectivity index (χ2v) is 10.6. The highest BCUT2D eigenvalue weighted by molar-refractivity contribution is 7.98. The number of rotatable bonds is 8. The highest BCUT2D eigenvalue weighted by atomic mass is 32.2. The standard InChI is InChI=1S/C27H32N2O6S/c1-16-23(25(31)32)29(27(2,3)35-16)24(30)22(13-14-36-4)28-26(33)34-15-21-19-11-7-5-9-17(19)18-10-6-8-12-20(18)21/h5-12,16,21-23H,13-15H2,1-4H3,(H,28,33)(H,31,32)/t16-,22+,23+/m1/s1. The number of benzene rings is 2. The van der Waals surface area contributed by atoms with E-state index in [4.69, 9.17) is 9.47 Å². The van der Waals surface area contributed by atoms with Crippen molar-refractivity contribution in [2.75, 3.05) is 18.6 Å². The summed E-state index contributed by atoms with van der Waals surface area (Å²) < 4.78 is 11.4. The quantitative estimate of drug-likeness (QED) is 0.549. The summed E-state index contributed by atoms with van der Waals surface area (Å²) in [5, 5.41) is 12.4. The van der Waals surface area contributed by atoms with E-state index in [2.05, 4.69) is 17.4 Å². The molecular weight excluding hydrogens is 480 g/mol. The Balaban J connectivity index is 1.48. The number of hydrogen-bond donors (Lipinski definition) is 2. The minimum absolute atomic E-state index is 0.105. The van der Waals surface area contributed by atoms with Crippen LogP contribution in [-0.2, 0) is 19.1 Å². The monoisotopic (exact) mass is 512 g/mol. The zero-order chi connectivity index (χ0) is 26.0. The third kappa shape index (κ3) is 4.95. The van der Waals surface area contributed by atoms with Crippen molar-refractivity contribution in [1.82, 2.24) is 10.2 Å². The van der Waals surface area contributed by atoms with E-state index < -0.39 is 41.9 Å². The normalized spacial score (nSPS) is 20.9. The predicted molar refractivity (Wildman–Crippen MR) is 138 cm³/mol. The van der Waals surface area contributed by atoms with Gasteiger partial charge in [0.2, 0.25) is 5.91 Å². The third-order valence-electron chi connectivity index (χ3n) is 6.81. The van der Waals surface area contributed by atoms with Crippen molar-refractivity contribution in [3.8, 4) is 11.1 Å². The van der Waals surface area contributed by atoms with Crippen molar-refractivity contribution < 1.29 is 29.0 Å². The van der Waals surface area contributed by atoms with Crippen LogP contribution in [0.2, 0.25) is 0 Å². The number of carboxylic acids is 1. The molecule has 8 nitrogen and oxygen atoms in total. The molecule has 2 aromatic carbocycles. The maximum absolute atomic E-state index is 13.6. The van der Waals surface area contributed by atoms with Gasteiger partial charge in [-0.25, -0.2) is 9.59 Å². The zero-order valence-electron chi connectivity index (χ0n) is 20.9. The first-order valence-corrected chi connectivity index (χ1v) is 13.4. The Labute approximate surface area is 215 Å². The summed E-state index contributed by atoms with van der Waals surface area (Å²) >= 11 is 1.53. The summed E-state index contributed by atoms with van der Waals surface area (Å²) in [4.78, 5) is 39.6. The maximum Gasteiger partial charge on any atom is 0.407 e. The Bertz CT molecular complexity index is 1110. The SMILES string of the molecule is CSCC[C@H](NC(=O)OCC1c2ccccc2-c2ccccc21)C(=O)N1[C@H](C(=O)O)[C@@H](C)OC1(C)C. The molecule has 192 valence electrons. The lowest BCUT2D eigenvalue weighted by Gasteiger charge is -2.35. The van der Waals surface area contributed by atoms with Crippen LogP contribution >= 0.6 is 11.8 Å². The number of amides is 2. The lowest BCUT2D eigenvalue weighted by Crippen LogP contribution is -2.58. The van der Waals surface area contributed by atoms with Crippen molar-refractivity contribution in [1.29, 1.82) is 0 Å². The third-order valence-corrected chi connectivity index (χ3v) is 7.46. The summed E-state index contributed by atoms with van der Waals surface area (Å²) in [6.07, 6.45) is 0.837. The van der Waals surface area contributed by atoms with Crippen molar-refractivity contribution in [3.05, 3.63) is 59.7 Å². The molecule has 9 heteroatoms. The molecule has 36 heavy (non-hydrogen) atoms. The number of hydrogen-bond acceptors (Lipinski definition) is 6. The molecule has 4 rings (SSSR count). The van der Waals surface area contributed by atoms with E-state index >= 15 is 0 Å². The fourth-order valence-corrected chi connectivity index (χ4v) is 5.75. The molecule has 0 spiro atoms. The lowest BCUT2D eigenvalue weighted by atomic mass is 9.98. The first-order valence-electron chi connectivity index (χ1n) is 12.0. The molecule has 1 heterocycles. The van der Waals surface area contributed by atoms with Gasteiger partial charge in [0.1, 0.15) is 18.4 Å². The lowest BCUT2D eigenvalue weighted by molar-refractivity contribution is -0.156. The van der Waals surface area contributed by atoms with Gasteiger partial charge in [0.15, 0.2) is 6.04 Å². The Kier molecular flexibility index (Phi) is 7.61. The van der Waals surface area contributed by atoms with E-state index in [9.17, 15) is 19.5 Å². The number of carbonyl (C=O) groups is 3. The Morgan fingerprint density at radius 1 is 1.11 bits per heavy atom. The summed E-state index contributed by atoms with van der Waals surface area (Å²) in [7, 11) is 0. The topological polar surface area (TPSA) is 105 Å². The van der Waals surface area contributed by atoms with Crippen LogP contribution in [0.5, 0.6) is 0 Å². The number of alkyl carbamates (subject to hydrolysis) is 1. The van der Waals surface area contributed by atoms with Gasteiger partial charge < -0.3 is 19.9 Å². The number of aliphatic carboxylic acids is 1. The van der Waals surface area contributed by atoms with E-state index in [-0.39, 0.29) is 12.5 Å². The predicted octanol–water partition coefficient (Wildman–Crippen LogP) is 4.08. The summed E-state index contributed by atoms with van der Waals surface area (Å²) in [5.74, 6) is -1.15. The molecular formula is C27H32N2O6S. The minimum atomic E-state index is -1.15. The van der Waals surface area contributed by atoms with Gasteiger partial charge in [-0.05, 0) is 61.5 Å². The van der Waals surface area contributed by atoms with Gasteiger partial charge in [0.05, 0.1) is 6.10 Å². The molecule has 2 N–H and O–H groups in total. The highest BCUT2D eigenvalue weighted by Gasteiger charge is 2.52. The van der Waals surface area contributed by atoms with E-state index in [1.807, 2.05) is 42.7 Å². The van der Waals surface area contributed by atoms with Crippen molar-refractivity contribution in [3.63, 3.8) is 0 Å². The number of thioether (sulfide) groups is 1. The molecule has 2 aliphatic rings. The van der Waals surface area contributed by atoms with E-state index in [1.54, 1.807) is 20.8 Å². The summed E-state index contributed by atoms with van der Waals surface area (Å²) in [5.41, 5.74) is 3.31. The molecule has 0 saturated carbocycles. The number of carbonyl (C=O) groups excluding carboxylic acids is 2. The summed E-state index contributed by atoms with van der Waals surface area (Å²) in [6.45, 7) is 5.06. The first-order chi connectivity index (χ1) is 17.2. The van der Waals surface area contributed by atoms with Gasteiger partial charge in [-0.2, -0.15) is 11.8 Å². The van der Waals surface area contributed by atoms with Gasteiger partial charge in [-0.3, -0.25) is 9.69 Å². The molecule has 2 amide bonds. The first kappa shape index (κ1) is 26.0. The number of fused-ring (bicyclic) bond motifs is 3. The van der Waals surface area contributed by atoms with Gasteiger partial charge in [0.25, 0.3) is 0 Å².